The predicted molar refractivity (Wildman–Crippen MR) is 97.6 cm³/mol. The van der Waals surface area contributed by atoms with Gasteiger partial charge in [0.1, 0.15) is 6.04 Å². The van der Waals surface area contributed by atoms with Crippen molar-refractivity contribution in [3.63, 3.8) is 0 Å². The highest BCUT2D eigenvalue weighted by molar-refractivity contribution is 6.05. The lowest BCUT2D eigenvalue weighted by Crippen LogP contribution is -2.45. The van der Waals surface area contributed by atoms with Crippen molar-refractivity contribution in [3.05, 3.63) is 42.2 Å². The number of hydrogen-bond donors (Lipinski definition) is 1. The molecule has 0 aliphatic carbocycles. The van der Waals surface area contributed by atoms with Crippen LogP contribution in [0.15, 0.2) is 36.7 Å². The van der Waals surface area contributed by atoms with E-state index in [0.29, 0.717) is 12.1 Å². The lowest BCUT2D eigenvalue weighted by molar-refractivity contribution is -0.123. The highest BCUT2D eigenvalue weighted by atomic mass is 16.2. The molecule has 0 saturated heterocycles. The maximum atomic E-state index is 12.7. The highest BCUT2D eigenvalue weighted by Gasteiger charge is 2.30. The van der Waals surface area contributed by atoms with Crippen LogP contribution in [0.5, 0.6) is 0 Å². The van der Waals surface area contributed by atoms with Gasteiger partial charge >= 0.3 is 0 Å². The predicted octanol–water partition coefficient (Wildman–Crippen LogP) is 3.16. The topological polar surface area (TPSA) is 67.2 Å². The van der Waals surface area contributed by atoms with Gasteiger partial charge in [-0.15, -0.1) is 0 Å². The fourth-order valence-electron chi connectivity index (χ4n) is 3.12. The Kier molecular flexibility index (Phi) is 4.88. The fourth-order valence-corrected chi connectivity index (χ4v) is 3.12. The maximum Gasteiger partial charge on any atom is 0.247 e. The Morgan fingerprint density at radius 3 is 2.68 bits per heavy atom. The second kappa shape index (κ2) is 7.09. The minimum atomic E-state index is -0.589. The summed E-state index contributed by atoms with van der Waals surface area (Å²) in [7, 11) is 0. The van der Waals surface area contributed by atoms with E-state index in [1.807, 2.05) is 38.1 Å². The lowest BCUT2D eigenvalue weighted by Gasteiger charge is -2.28. The molecule has 0 fully saturated rings. The van der Waals surface area contributed by atoms with Crippen molar-refractivity contribution >= 4 is 23.2 Å². The van der Waals surface area contributed by atoms with Gasteiger partial charge in [-0.25, -0.2) is 0 Å². The quantitative estimate of drug-likeness (QED) is 0.929. The third kappa shape index (κ3) is 3.57. The average Bonchev–Trinajstić information content (AvgIpc) is 2.98. The van der Waals surface area contributed by atoms with Gasteiger partial charge in [-0.1, -0.05) is 18.2 Å². The molecule has 132 valence electrons. The minimum Gasteiger partial charge on any atom is -0.322 e. The van der Waals surface area contributed by atoms with Crippen molar-refractivity contribution in [2.75, 3.05) is 10.2 Å². The molecule has 0 radical (unpaired) electrons. The first kappa shape index (κ1) is 17.2. The van der Waals surface area contributed by atoms with E-state index in [2.05, 4.69) is 10.4 Å². The summed E-state index contributed by atoms with van der Waals surface area (Å²) in [6, 6.07) is 7.45. The summed E-state index contributed by atoms with van der Waals surface area (Å²) < 4.78 is 1.78. The smallest absolute Gasteiger partial charge is 0.247 e. The molecule has 3 rings (SSSR count). The second-order valence-corrected chi connectivity index (χ2v) is 6.71. The molecule has 0 saturated carbocycles. The van der Waals surface area contributed by atoms with E-state index in [1.54, 1.807) is 28.9 Å². The van der Waals surface area contributed by atoms with Crippen molar-refractivity contribution < 1.29 is 9.59 Å². The van der Waals surface area contributed by atoms with E-state index in [9.17, 15) is 9.59 Å². The number of amides is 2. The molecule has 1 aliphatic rings. The average molecular weight is 340 g/mol. The van der Waals surface area contributed by atoms with Gasteiger partial charge in [-0.05, 0) is 45.2 Å². The van der Waals surface area contributed by atoms with Crippen LogP contribution in [0.25, 0.3) is 0 Å². The molecule has 2 heterocycles. The molecule has 25 heavy (non-hydrogen) atoms. The monoisotopic (exact) mass is 340 g/mol. The number of benzene rings is 1. The molecule has 1 aliphatic heterocycles. The van der Waals surface area contributed by atoms with Gasteiger partial charge in [0.05, 0.1) is 11.9 Å². The van der Waals surface area contributed by atoms with Gasteiger partial charge in [0.2, 0.25) is 11.8 Å². The van der Waals surface area contributed by atoms with E-state index >= 15 is 0 Å². The summed E-state index contributed by atoms with van der Waals surface area (Å²) in [5, 5.41) is 7.10. The first-order valence-corrected chi connectivity index (χ1v) is 8.72. The molecule has 1 aromatic carbocycles. The Balaban J connectivity index is 1.81. The van der Waals surface area contributed by atoms with Crippen molar-refractivity contribution in [2.24, 2.45) is 0 Å². The van der Waals surface area contributed by atoms with E-state index < -0.39 is 6.04 Å². The molecule has 6 heteroatoms. The SMILES string of the molecule is CC(C)n1cc(NC(=O)[C@H](C)N2C(=O)CCCc3ccccc32)cn1. The number of aryl methyl sites for hydroxylation is 1. The van der Waals surface area contributed by atoms with Crippen molar-refractivity contribution in [1.82, 2.24) is 9.78 Å². The van der Waals surface area contributed by atoms with Gasteiger partial charge in [0.25, 0.3) is 0 Å². The number of carbonyl (C=O) groups excluding carboxylic acids is 2. The van der Waals surface area contributed by atoms with Crippen LogP contribution >= 0.6 is 0 Å². The maximum absolute atomic E-state index is 12.7. The zero-order valence-electron chi connectivity index (χ0n) is 14.9. The first-order valence-electron chi connectivity index (χ1n) is 8.72. The third-order valence-corrected chi connectivity index (χ3v) is 4.52. The van der Waals surface area contributed by atoms with Crippen LogP contribution in [-0.4, -0.2) is 27.6 Å². The summed E-state index contributed by atoms with van der Waals surface area (Å²) in [6.07, 6.45) is 5.55. The minimum absolute atomic E-state index is 0.00882. The van der Waals surface area contributed by atoms with Crippen LogP contribution in [0, 0.1) is 0 Å². The van der Waals surface area contributed by atoms with E-state index in [-0.39, 0.29) is 17.9 Å². The summed E-state index contributed by atoms with van der Waals surface area (Å²) >= 11 is 0. The molecule has 0 unspecified atom stereocenters. The number of rotatable bonds is 4. The van der Waals surface area contributed by atoms with E-state index in [0.717, 1.165) is 24.1 Å². The van der Waals surface area contributed by atoms with Gasteiger partial charge in [0, 0.05) is 24.3 Å². The third-order valence-electron chi connectivity index (χ3n) is 4.52. The van der Waals surface area contributed by atoms with Crippen molar-refractivity contribution in [3.8, 4) is 0 Å². The highest BCUT2D eigenvalue weighted by Crippen LogP contribution is 2.28. The number of para-hydroxylation sites is 1. The number of carbonyl (C=O) groups is 2. The first-order chi connectivity index (χ1) is 12.0. The summed E-state index contributed by atoms with van der Waals surface area (Å²) in [4.78, 5) is 26.9. The van der Waals surface area contributed by atoms with Crippen LogP contribution in [0.1, 0.15) is 45.2 Å². The van der Waals surface area contributed by atoms with Gasteiger partial charge < -0.3 is 5.32 Å². The number of nitrogens with zero attached hydrogens (tertiary/aromatic N) is 3. The zero-order chi connectivity index (χ0) is 18.0. The molecule has 1 aromatic heterocycles. The Labute approximate surface area is 147 Å². The van der Waals surface area contributed by atoms with Gasteiger partial charge in [-0.3, -0.25) is 19.2 Å². The van der Waals surface area contributed by atoms with Crippen LogP contribution in [0.2, 0.25) is 0 Å². The molecule has 2 aromatic rings. The Bertz CT molecular complexity index is 781. The van der Waals surface area contributed by atoms with E-state index in [4.69, 9.17) is 0 Å². The molecule has 6 nitrogen and oxygen atoms in total. The molecule has 0 spiro atoms. The number of anilines is 2. The molecule has 0 bridgehead atoms. The molecule has 1 atom stereocenters. The number of fused-ring (bicyclic) bond motifs is 1. The van der Waals surface area contributed by atoms with Crippen LogP contribution in [-0.2, 0) is 16.0 Å². The van der Waals surface area contributed by atoms with Crippen molar-refractivity contribution in [2.45, 2.75) is 52.1 Å². The molecule has 1 N–H and O–H groups in total. The summed E-state index contributed by atoms with van der Waals surface area (Å²) in [5.74, 6) is -0.223. The Hall–Kier alpha value is -2.63. The number of hydrogen-bond acceptors (Lipinski definition) is 3. The number of aromatic nitrogens is 2. The molecular weight excluding hydrogens is 316 g/mol. The van der Waals surface area contributed by atoms with Gasteiger partial charge in [0.15, 0.2) is 0 Å². The van der Waals surface area contributed by atoms with Crippen molar-refractivity contribution in [1.29, 1.82) is 0 Å². The second-order valence-electron chi connectivity index (χ2n) is 6.71. The molecular formula is C19H24N4O2. The number of nitrogens with one attached hydrogen (secondary N) is 1. The summed E-state index contributed by atoms with van der Waals surface area (Å²) in [5.41, 5.74) is 2.59. The van der Waals surface area contributed by atoms with Crippen LogP contribution in [0.3, 0.4) is 0 Å². The van der Waals surface area contributed by atoms with Crippen LogP contribution < -0.4 is 10.2 Å². The standard InChI is InChI=1S/C19H24N4O2/c1-13(2)22-12-16(11-20-22)21-19(25)14(3)23-17-9-5-4-7-15(17)8-6-10-18(23)24/h4-5,7,9,11-14H,6,8,10H2,1-3H3,(H,21,25)/t14-/m0/s1. The van der Waals surface area contributed by atoms with Gasteiger partial charge in [-0.2, -0.15) is 5.10 Å². The summed E-state index contributed by atoms with van der Waals surface area (Å²) in [6.45, 7) is 5.81. The Morgan fingerprint density at radius 2 is 1.96 bits per heavy atom. The fraction of sp³-hybridized carbons (Fsp3) is 0.421. The lowest BCUT2D eigenvalue weighted by atomic mass is 10.1. The largest absolute Gasteiger partial charge is 0.322 e. The molecule has 2 amide bonds. The Morgan fingerprint density at radius 1 is 1.20 bits per heavy atom. The normalized spacial score (nSPS) is 15.7. The zero-order valence-corrected chi connectivity index (χ0v) is 14.9. The van der Waals surface area contributed by atoms with Crippen LogP contribution in [0.4, 0.5) is 11.4 Å². The van der Waals surface area contributed by atoms with E-state index in [1.165, 1.54) is 0 Å².